The number of aryl methyl sites for hydroxylation is 1. The van der Waals surface area contributed by atoms with Crippen LogP contribution in [0.1, 0.15) is 67.9 Å². The average molecular weight is 642 g/mol. The van der Waals surface area contributed by atoms with E-state index in [9.17, 15) is 40.3 Å². The molecule has 0 radical (unpaired) electrons. The number of hydrogen-bond acceptors (Lipinski definition) is 5. The molecule has 2 aliphatic rings. The summed E-state index contributed by atoms with van der Waals surface area (Å²) in [4.78, 5) is 32.2. The van der Waals surface area contributed by atoms with Gasteiger partial charge in [-0.05, 0) is 99.6 Å². The van der Waals surface area contributed by atoms with Crippen molar-refractivity contribution in [1.82, 2.24) is 10.2 Å². The number of amides is 1. The second kappa shape index (κ2) is 11.9. The number of likely N-dealkylation sites (N-methyl/N-ethyl adjacent to an activating group) is 1. The Kier molecular flexibility index (Phi) is 9.02. The molecule has 6 nitrogen and oxygen atoms in total. The molecule has 2 aromatic rings. The van der Waals surface area contributed by atoms with Crippen LogP contribution in [0.25, 0.3) is 5.57 Å². The molecule has 0 aromatic heterocycles. The van der Waals surface area contributed by atoms with Gasteiger partial charge in [0.25, 0.3) is 0 Å². The van der Waals surface area contributed by atoms with Crippen molar-refractivity contribution in [1.29, 1.82) is 0 Å². The Morgan fingerprint density at radius 1 is 1.00 bits per heavy atom. The van der Waals surface area contributed by atoms with Crippen molar-refractivity contribution >= 4 is 23.7 Å². The van der Waals surface area contributed by atoms with Gasteiger partial charge in [-0.25, -0.2) is 4.39 Å². The number of methoxy groups -OCH3 is 1. The summed E-state index contributed by atoms with van der Waals surface area (Å²) in [5.74, 6) is -1.70. The van der Waals surface area contributed by atoms with E-state index in [-0.39, 0.29) is 24.2 Å². The number of hydrogen-bond donors (Lipinski definition) is 1. The fraction of sp³-hybridized carbons (Fsp3) is 0.469. The maximum Gasteiger partial charge on any atom is 0.416 e. The molecule has 45 heavy (non-hydrogen) atoms. The minimum Gasteiger partial charge on any atom is -0.468 e. The predicted molar refractivity (Wildman–Crippen MR) is 154 cm³/mol. The lowest BCUT2D eigenvalue weighted by atomic mass is 9.81. The van der Waals surface area contributed by atoms with Crippen molar-refractivity contribution in [3.63, 3.8) is 0 Å². The van der Waals surface area contributed by atoms with E-state index in [4.69, 9.17) is 4.74 Å². The van der Waals surface area contributed by atoms with Gasteiger partial charge in [0.1, 0.15) is 11.4 Å². The second-order valence-corrected chi connectivity index (χ2v) is 12.3. The number of carbonyl (C=O) groups is 2. The highest BCUT2D eigenvalue weighted by Gasteiger charge is 2.46. The number of allylic oxidation sites excluding steroid dienone is 1. The molecule has 0 aliphatic carbocycles. The lowest BCUT2D eigenvalue weighted by molar-refractivity contribution is -0.147. The monoisotopic (exact) mass is 641 g/mol. The summed E-state index contributed by atoms with van der Waals surface area (Å²) in [6.45, 7) is 5.91. The number of carbonyl (C=O) groups excluding carboxylic acids is 2. The highest BCUT2D eigenvalue weighted by molar-refractivity contribution is 6.00. The molecule has 244 valence electrons. The van der Waals surface area contributed by atoms with Gasteiger partial charge in [0.15, 0.2) is 0 Å². The molecule has 1 amide bonds. The number of ether oxygens (including phenoxy) is 1. The lowest BCUT2D eigenvalue weighted by Crippen LogP contribution is -2.51. The van der Waals surface area contributed by atoms with Gasteiger partial charge in [0.2, 0.25) is 5.91 Å². The zero-order valence-electron chi connectivity index (χ0n) is 25.6. The molecule has 2 aliphatic heterocycles. The zero-order chi connectivity index (χ0) is 33.7. The van der Waals surface area contributed by atoms with Gasteiger partial charge in [-0.15, -0.1) is 0 Å². The van der Waals surface area contributed by atoms with E-state index < -0.39 is 63.7 Å². The van der Waals surface area contributed by atoms with Crippen LogP contribution < -0.4 is 5.32 Å². The third-order valence-electron chi connectivity index (χ3n) is 8.69. The molecule has 1 unspecified atom stereocenters. The van der Waals surface area contributed by atoms with Crippen molar-refractivity contribution in [3.8, 4) is 0 Å². The average Bonchev–Trinajstić information content (AvgIpc) is 3.37. The van der Waals surface area contributed by atoms with E-state index in [0.717, 1.165) is 4.90 Å². The molecule has 2 aromatic carbocycles. The summed E-state index contributed by atoms with van der Waals surface area (Å²) in [6.07, 6.45) is -7.42. The Morgan fingerprint density at radius 3 is 2.11 bits per heavy atom. The Bertz CT molecular complexity index is 1530. The number of esters is 1. The van der Waals surface area contributed by atoms with Crippen molar-refractivity contribution in [2.24, 2.45) is 4.99 Å². The van der Waals surface area contributed by atoms with Crippen LogP contribution in [0.3, 0.4) is 0 Å². The van der Waals surface area contributed by atoms with Crippen LogP contribution in [0.5, 0.6) is 0 Å². The molecule has 1 fully saturated rings. The van der Waals surface area contributed by atoms with Gasteiger partial charge >= 0.3 is 18.3 Å². The van der Waals surface area contributed by atoms with Gasteiger partial charge in [0.05, 0.1) is 35.4 Å². The Hall–Kier alpha value is -3.74. The molecule has 3 atom stereocenters. The highest BCUT2D eigenvalue weighted by atomic mass is 19.4. The molecular weight excluding hydrogens is 607 g/mol. The van der Waals surface area contributed by atoms with Crippen LogP contribution in [0.4, 0.5) is 30.7 Å². The maximum absolute atomic E-state index is 14.1. The van der Waals surface area contributed by atoms with Crippen molar-refractivity contribution in [2.75, 3.05) is 14.2 Å². The fourth-order valence-electron chi connectivity index (χ4n) is 6.00. The quantitative estimate of drug-likeness (QED) is 0.277. The van der Waals surface area contributed by atoms with Crippen molar-refractivity contribution in [2.45, 2.75) is 82.3 Å². The first-order valence-corrected chi connectivity index (χ1v) is 14.2. The molecule has 0 saturated carbocycles. The lowest BCUT2D eigenvalue weighted by Gasteiger charge is -2.35. The number of nitrogens with zero attached hydrogens (tertiary/aromatic N) is 2. The van der Waals surface area contributed by atoms with Crippen LogP contribution in [-0.4, -0.2) is 54.8 Å². The third-order valence-corrected chi connectivity index (χ3v) is 8.69. The van der Waals surface area contributed by atoms with Gasteiger partial charge in [0, 0.05) is 19.3 Å². The van der Waals surface area contributed by atoms with Gasteiger partial charge in [-0.1, -0.05) is 6.07 Å². The number of benzene rings is 2. The largest absolute Gasteiger partial charge is 0.468 e. The van der Waals surface area contributed by atoms with E-state index in [1.807, 2.05) is 0 Å². The smallest absolute Gasteiger partial charge is 0.416 e. The SMILES string of the molecule is COC(=O)[C@@]1(C)CC[C@H](C2CC(c3ccc(F)cc3C)=C(N(C)C(=O)C(C)(C)c3cc(C(F)(F)F)cc(C(F)(F)F)c3)C=N2)N1. The summed E-state index contributed by atoms with van der Waals surface area (Å²) in [6, 6.07) is 4.56. The van der Waals surface area contributed by atoms with Gasteiger partial charge in [-0.3, -0.25) is 19.9 Å². The Morgan fingerprint density at radius 2 is 1.58 bits per heavy atom. The van der Waals surface area contributed by atoms with Crippen molar-refractivity contribution in [3.05, 3.63) is 75.7 Å². The molecule has 0 bridgehead atoms. The molecule has 2 heterocycles. The summed E-state index contributed by atoms with van der Waals surface area (Å²) in [5.41, 5.74) is -4.32. The minimum atomic E-state index is -5.08. The summed E-state index contributed by atoms with van der Waals surface area (Å²) < 4.78 is 101. The normalized spacial score (nSPS) is 22.5. The van der Waals surface area contributed by atoms with Crippen LogP contribution in [-0.2, 0) is 32.1 Å². The molecule has 0 spiro atoms. The summed E-state index contributed by atoms with van der Waals surface area (Å²) in [7, 11) is 2.66. The van der Waals surface area contributed by atoms with Crippen molar-refractivity contribution < 1.29 is 45.1 Å². The zero-order valence-corrected chi connectivity index (χ0v) is 25.6. The molecule has 1 saturated heterocycles. The number of halogens is 7. The number of dihydropyridines is 1. The summed E-state index contributed by atoms with van der Waals surface area (Å²) >= 11 is 0. The Labute approximate surface area is 256 Å². The van der Waals surface area contributed by atoms with E-state index in [0.29, 0.717) is 41.7 Å². The molecule has 1 N–H and O–H groups in total. The number of alkyl halides is 6. The van der Waals surface area contributed by atoms with Crippen LogP contribution in [0, 0.1) is 12.7 Å². The number of aliphatic imine (C=N–C) groups is 1. The van der Waals surface area contributed by atoms with E-state index >= 15 is 0 Å². The summed E-state index contributed by atoms with van der Waals surface area (Å²) in [5, 5.41) is 3.30. The number of rotatable bonds is 6. The Balaban J connectivity index is 1.76. The van der Waals surface area contributed by atoms with Gasteiger partial charge in [-0.2, -0.15) is 26.3 Å². The van der Waals surface area contributed by atoms with E-state index in [1.54, 1.807) is 19.9 Å². The van der Waals surface area contributed by atoms with E-state index in [2.05, 4.69) is 10.3 Å². The van der Waals surface area contributed by atoms with Gasteiger partial charge < -0.3 is 9.64 Å². The fourth-order valence-corrected chi connectivity index (χ4v) is 6.00. The predicted octanol–water partition coefficient (Wildman–Crippen LogP) is 6.85. The third kappa shape index (κ3) is 6.78. The van der Waals surface area contributed by atoms with E-state index in [1.165, 1.54) is 46.4 Å². The molecule has 4 rings (SSSR count). The van der Waals surface area contributed by atoms with Crippen LogP contribution in [0.15, 0.2) is 47.1 Å². The van der Waals surface area contributed by atoms with Crippen LogP contribution in [0.2, 0.25) is 0 Å². The molecule has 13 heteroatoms. The number of nitrogens with one attached hydrogen (secondary N) is 1. The minimum absolute atomic E-state index is 0.0158. The first-order chi connectivity index (χ1) is 20.7. The van der Waals surface area contributed by atoms with Crippen LogP contribution >= 0.6 is 0 Å². The maximum atomic E-state index is 14.1. The first-order valence-electron chi connectivity index (χ1n) is 14.2. The topological polar surface area (TPSA) is 71.0 Å². The first kappa shape index (κ1) is 34.1. The second-order valence-electron chi connectivity index (χ2n) is 12.3. The molecular formula is C32H34F7N3O3. The standard InChI is InChI=1S/C32H34F7N3O3/c1-17-11-21(33)7-8-22(17)23-15-25(24-9-10-30(4,41-24)28(44)45-6)40-16-26(23)42(5)27(43)29(2,3)18-12-19(31(34,35)36)14-20(13-18)32(37,38)39/h7-8,11-14,16,24-25,41H,9-10,15H2,1-6H3/t24-,25?,30-/m1/s1. The highest BCUT2D eigenvalue weighted by Crippen LogP contribution is 2.41.